The normalized spacial score (nSPS) is 21.8. The number of nitrogens with zero attached hydrogens (tertiary/aromatic N) is 7. The van der Waals surface area contributed by atoms with Crippen molar-refractivity contribution in [2.24, 2.45) is 5.92 Å². The zero-order valence-electron chi connectivity index (χ0n) is 21.3. The van der Waals surface area contributed by atoms with Crippen LogP contribution < -0.4 is 9.80 Å². The van der Waals surface area contributed by atoms with Crippen molar-refractivity contribution >= 4 is 44.4 Å². The van der Waals surface area contributed by atoms with Gasteiger partial charge in [-0.05, 0) is 56.7 Å². The Hall–Kier alpha value is -2.82. The van der Waals surface area contributed by atoms with Crippen molar-refractivity contribution in [2.75, 3.05) is 36.5 Å². The van der Waals surface area contributed by atoms with Crippen LogP contribution in [0.15, 0.2) is 30.6 Å². The molecule has 3 aliphatic rings. The molecule has 0 radical (unpaired) electrons. The molecule has 4 heterocycles. The molecule has 0 unspecified atom stereocenters. The topological polar surface area (TPSA) is 72.2 Å². The number of ether oxygens (including phenoxy) is 1. The molecule has 2 aliphatic carbocycles. The Balaban J connectivity index is 1.28. The van der Waals surface area contributed by atoms with Gasteiger partial charge in [0.1, 0.15) is 16.6 Å². The van der Waals surface area contributed by atoms with E-state index in [0.717, 1.165) is 27.9 Å². The highest BCUT2D eigenvalue weighted by Gasteiger charge is 2.32. The molecular formula is C27H29ClFN7OS. The number of morpholine rings is 1. The van der Waals surface area contributed by atoms with E-state index in [1.807, 2.05) is 10.9 Å². The van der Waals surface area contributed by atoms with E-state index in [4.69, 9.17) is 31.3 Å². The molecule has 0 spiro atoms. The first-order chi connectivity index (χ1) is 18.4. The van der Waals surface area contributed by atoms with E-state index >= 15 is 4.39 Å². The van der Waals surface area contributed by atoms with Crippen molar-refractivity contribution in [3.63, 3.8) is 0 Å². The molecule has 3 fully saturated rings. The highest BCUT2D eigenvalue weighted by molar-refractivity contribution is 7.22. The molecule has 198 valence electrons. The van der Waals surface area contributed by atoms with Gasteiger partial charge in [0.05, 0.1) is 30.6 Å². The third-order valence-electron chi connectivity index (χ3n) is 7.43. The fraction of sp³-hybridized carbons (Fsp3) is 0.481. The lowest BCUT2D eigenvalue weighted by Gasteiger charge is -2.36. The first-order valence-electron chi connectivity index (χ1n) is 13.2. The predicted molar refractivity (Wildman–Crippen MR) is 148 cm³/mol. The van der Waals surface area contributed by atoms with Crippen LogP contribution in [-0.4, -0.2) is 57.5 Å². The van der Waals surface area contributed by atoms with Crippen molar-refractivity contribution in [1.29, 1.82) is 0 Å². The average molecular weight is 554 g/mol. The maximum absolute atomic E-state index is 15.2. The zero-order valence-corrected chi connectivity index (χ0v) is 22.9. The molecule has 0 amide bonds. The number of anilines is 2. The molecule has 11 heteroatoms. The molecule has 1 aliphatic heterocycles. The Labute approximate surface area is 229 Å². The summed E-state index contributed by atoms with van der Waals surface area (Å²) in [5.74, 6) is 0.835. The molecule has 38 heavy (non-hydrogen) atoms. The number of benzene rings is 1. The first-order valence-corrected chi connectivity index (χ1v) is 14.4. The van der Waals surface area contributed by atoms with E-state index in [-0.39, 0.29) is 12.2 Å². The fourth-order valence-electron chi connectivity index (χ4n) is 5.09. The number of thiazole rings is 1. The summed E-state index contributed by atoms with van der Waals surface area (Å²) < 4.78 is 24.3. The highest BCUT2D eigenvalue weighted by atomic mass is 35.5. The van der Waals surface area contributed by atoms with E-state index < -0.39 is 5.82 Å². The summed E-state index contributed by atoms with van der Waals surface area (Å²) in [6.07, 6.45) is 8.68. The lowest BCUT2D eigenvalue weighted by atomic mass is 10.1. The Morgan fingerprint density at radius 1 is 1.16 bits per heavy atom. The lowest BCUT2D eigenvalue weighted by molar-refractivity contribution is -0.0178. The second-order valence-corrected chi connectivity index (χ2v) is 12.2. The van der Waals surface area contributed by atoms with Crippen LogP contribution in [0.4, 0.5) is 15.5 Å². The van der Waals surface area contributed by atoms with E-state index in [9.17, 15) is 0 Å². The first kappa shape index (κ1) is 24.2. The molecule has 0 N–H and O–H groups in total. The predicted octanol–water partition coefficient (Wildman–Crippen LogP) is 5.89. The molecule has 3 aromatic heterocycles. The van der Waals surface area contributed by atoms with Crippen molar-refractivity contribution in [3.8, 4) is 11.3 Å². The Morgan fingerprint density at radius 3 is 2.76 bits per heavy atom. The summed E-state index contributed by atoms with van der Waals surface area (Å²) in [6, 6.07) is 5.23. The summed E-state index contributed by atoms with van der Waals surface area (Å²) in [6.45, 7) is 4.21. The van der Waals surface area contributed by atoms with Gasteiger partial charge in [-0.2, -0.15) is 15.1 Å². The van der Waals surface area contributed by atoms with Gasteiger partial charge in [0, 0.05) is 42.5 Å². The third-order valence-corrected chi connectivity index (χ3v) is 8.83. The van der Waals surface area contributed by atoms with Gasteiger partial charge in [0.2, 0.25) is 5.95 Å². The van der Waals surface area contributed by atoms with Gasteiger partial charge in [0.15, 0.2) is 10.8 Å². The Bertz CT molecular complexity index is 1500. The second kappa shape index (κ2) is 9.43. The molecule has 0 bridgehead atoms. The standard InChI is InChI=1S/C27H29ClFN7OS/c1-15-11-35(14-22(37-15)17-10-30-36(13-17)19-6-7-19)26-31-23(20-8-5-18(28)9-21(20)29)24-25(32-26)33-27(38-24)34(2)12-16-3-4-16/h5,8-10,13,15-16,19,22H,3-4,6-7,11-12,14H2,1-2H3/t15-,22+/m0/s1. The fourth-order valence-corrected chi connectivity index (χ4v) is 6.23. The van der Waals surface area contributed by atoms with Crippen molar-refractivity contribution in [1.82, 2.24) is 24.7 Å². The summed E-state index contributed by atoms with van der Waals surface area (Å²) in [4.78, 5) is 19.0. The Kier molecular flexibility index (Phi) is 6.01. The van der Waals surface area contributed by atoms with Crippen molar-refractivity contribution in [3.05, 3.63) is 47.0 Å². The largest absolute Gasteiger partial charge is 0.367 e. The summed E-state index contributed by atoms with van der Waals surface area (Å²) >= 11 is 7.58. The summed E-state index contributed by atoms with van der Waals surface area (Å²) in [7, 11) is 2.06. The number of aromatic nitrogens is 5. The van der Waals surface area contributed by atoms with Crippen LogP contribution in [0, 0.1) is 11.7 Å². The number of hydrogen-bond donors (Lipinski definition) is 0. The van der Waals surface area contributed by atoms with Gasteiger partial charge in [0.25, 0.3) is 0 Å². The second-order valence-electron chi connectivity index (χ2n) is 10.8. The molecule has 2 saturated carbocycles. The third kappa shape index (κ3) is 4.74. The minimum absolute atomic E-state index is 0.0382. The van der Waals surface area contributed by atoms with E-state index in [0.29, 0.717) is 47.0 Å². The summed E-state index contributed by atoms with van der Waals surface area (Å²) in [5, 5.41) is 5.77. The number of fused-ring (bicyclic) bond motifs is 1. The number of hydrogen-bond acceptors (Lipinski definition) is 8. The van der Waals surface area contributed by atoms with Crippen molar-refractivity contribution < 1.29 is 9.13 Å². The van der Waals surface area contributed by atoms with Crippen LogP contribution in [0.1, 0.15) is 50.3 Å². The average Bonchev–Trinajstić information content (AvgIpc) is 3.81. The smallest absolute Gasteiger partial charge is 0.228 e. The van der Waals surface area contributed by atoms with Gasteiger partial charge in [-0.3, -0.25) is 4.68 Å². The SMILES string of the molecule is C[C@H]1CN(c2nc(-c3ccc(Cl)cc3F)c3sc(N(C)CC4CC4)nc3n2)C[C@H](c2cnn(C3CC3)c2)O1. The van der Waals surface area contributed by atoms with E-state index in [1.165, 1.54) is 43.1 Å². The minimum atomic E-state index is -0.412. The van der Waals surface area contributed by atoms with Crippen LogP contribution >= 0.6 is 22.9 Å². The van der Waals surface area contributed by atoms with Crippen LogP contribution in [0.2, 0.25) is 5.02 Å². The lowest BCUT2D eigenvalue weighted by Crippen LogP contribution is -2.43. The van der Waals surface area contributed by atoms with E-state index in [2.05, 4.69) is 35.1 Å². The van der Waals surface area contributed by atoms with Crippen LogP contribution in [0.5, 0.6) is 0 Å². The Morgan fingerprint density at radius 2 is 2.00 bits per heavy atom. The number of rotatable bonds is 7. The molecule has 4 aromatic rings. The summed E-state index contributed by atoms with van der Waals surface area (Å²) in [5.41, 5.74) is 2.57. The molecule has 2 atom stereocenters. The van der Waals surface area contributed by atoms with Gasteiger partial charge >= 0.3 is 0 Å². The minimum Gasteiger partial charge on any atom is -0.367 e. The maximum Gasteiger partial charge on any atom is 0.228 e. The molecule has 8 nitrogen and oxygen atoms in total. The van der Waals surface area contributed by atoms with Gasteiger partial charge in [-0.15, -0.1) is 0 Å². The van der Waals surface area contributed by atoms with Gasteiger partial charge in [-0.25, -0.2) is 9.37 Å². The van der Waals surface area contributed by atoms with Crippen LogP contribution in [-0.2, 0) is 4.74 Å². The quantitative estimate of drug-likeness (QED) is 0.282. The molecule has 1 aromatic carbocycles. The zero-order chi connectivity index (χ0) is 26.0. The molecule has 1 saturated heterocycles. The molecular weight excluding hydrogens is 525 g/mol. The monoisotopic (exact) mass is 553 g/mol. The van der Waals surface area contributed by atoms with Crippen LogP contribution in [0.25, 0.3) is 21.6 Å². The van der Waals surface area contributed by atoms with Crippen molar-refractivity contribution in [2.45, 2.75) is 50.9 Å². The van der Waals surface area contributed by atoms with Gasteiger partial charge in [-0.1, -0.05) is 22.9 Å². The van der Waals surface area contributed by atoms with Crippen LogP contribution in [0.3, 0.4) is 0 Å². The molecule has 7 rings (SSSR count). The maximum atomic E-state index is 15.2. The van der Waals surface area contributed by atoms with Gasteiger partial charge < -0.3 is 14.5 Å². The number of halogens is 2. The highest BCUT2D eigenvalue weighted by Crippen LogP contribution is 2.40. The van der Waals surface area contributed by atoms with E-state index in [1.54, 1.807) is 12.1 Å².